The van der Waals surface area contributed by atoms with Crippen molar-refractivity contribution in [2.45, 2.75) is 26.2 Å². The van der Waals surface area contributed by atoms with Gasteiger partial charge >= 0.3 is 11.9 Å². The van der Waals surface area contributed by atoms with Crippen molar-refractivity contribution in [1.82, 2.24) is 4.57 Å². The topological polar surface area (TPSA) is 104 Å². The van der Waals surface area contributed by atoms with E-state index in [0.29, 0.717) is 0 Å². The Morgan fingerprint density at radius 1 is 1.19 bits per heavy atom. The molecule has 0 amide bonds. The molecule has 1 N–H and O–H groups in total. The van der Waals surface area contributed by atoms with Gasteiger partial charge in [-0.15, -0.1) is 0 Å². The summed E-state index contributed by atoms with van der Waals surface area (Å²) in [4.78, 5) is 36.4. The van der Waals surface area contributed by atoms with Gasteiger partial charge in [0, 0.05) is 19.9 Å². The Balaban J connectivity index is 2.59. The van der Waals surface area contributed by atoms with Crippen molar-refractivity contribution < 1.29 is 28.9 Å². The van der Waals surface area contributed by atoms with Crippen LogP contribution in [0.25, 0.3) is 0 Å². The maximum atomic E-state index is 12.6. The van der Waals surface area contributed by atoms with Gasteiger partial charge in [0.05, 0.1) is 13.2 Å². The van der Waals surface area contributed by atoms with Crippen LogP contribution in [0.2, 0.25) is 0 Å². The summed E-state index contributed by atoms with van der Waals surface area (Å²) in [5, 5.41) is 9.36. The minimum absolute atomic E-state index is 0.0109. The molecule has 0 saturated carbocycles. The first-order chi connectivity index (χ1) is 12.9. The van der Waals surface area contributed by atoms with E-state index in [1.165, 1.54) is 18.8 Å². The molecule has 0 aliphatic carbocycles. The fourth-order valence-corrected chi connectivity index (χ4v) is 2.46. The highest BCUT2D eigenvalue weighted by atomic mass is 16.5. The highest BCUT2D eigenvalue weighted by Crippen LogP contribution is 2.19. The van der Waals surface area contributed by atoms with Gasteiger partial charge in [0.2, 0.25) is 5.43 Å². The molecule has 27 heavy (non-hydrogen) atoms. The number of methoxy groups -OCH3 is 2. The molecule has 8 nitrogen and oxygen atoms in total. The summed E-state index contributed by atoms with van der Waals surface area (Å²) in [6.07, 6.45) is 0.751. The first-order valence-corrected chi connectivity index (χ1v) is 8.17. The zero-order chi connectivity index (χ0) is 20.0. The summed E-state index contributed by atoms with van der Waals surface area (Å²) in [6.45, 7) is 1.86. The van der Waals surface area contributed by atoms with Crippen molar-refractivity contribution in [3.63, 3.8) is 0 Å². The van der Waals surface area contributed by atoms with Crippen LogP contribution in [0.5, 0.6) is 5.75 Å². The lowest BCUT2D eigenvalue weighted by Crippen LogP contribution is -2.29. The number of aromatic carboxylic acids is 1. The van der Waals surface area contributed by atoms with Crippen molar-refractivity contribution >= 4 is 11.9 Å². The van der Waals surface area contributed by atoms with Crippen LogP contribution < -0.4 is 10.2 Å². The SMILES string of the molecule is COC(=O)c1c(OCc2ccccc2)c(=O)c(C(=O)O)cn1CC(C)OC. The Morgan fingerprint density at radius 3 is 2.41 bits per heavy atom. The molecular weight excluding hydrogens is 354 g/mol. The number of aromatic nitrogens is 1. The normalized spacial score (nSPS) is 11.7. The average molecular weight is 375 g/mol. The maximum Gasteiger partial charge on any atom is 0.358 e. The maximum absolute atomic E-state index is 12.6. The summed E-state index contributed by atoms with van der Waals surface area (Å²) >= 11 is 0. The number of carbonyl (C=O) groups excluding carboxylic acids is 1. The second kappa shape index (κ2) is 9.00. The van der Waals surface area contributed by atoms with Gasteiger partial charge in [-0.05, 0) is 12.5 Å². The third kappa shape index (κ3) is 4.73. The molecule has 0 radical (unpaired) electrons. The molecule has 8 heteroatoms. The van der Waals surface area contributed by atoms with Gasteiger partial charge in [-0.2, -0.15) is 0 Å². The second-order valence-electron chi connectivity index (χ2n) is 5.82. The molecule has 1 aromatic heterocycles. The number of nitrogens with zero attached hydrogens (tertiary/aromatic N) is 1. The molecule has 2 aromatic rings. The Bertz CT molecular complexity index is 874. The van der Waals surface area contributed by atoms with Gasteiger partial charge in [0.1, 0.15) is 12.2 Å². The number of rotatable bonds is 8. The van der Waals surface area contributed by atoms with Crippen molar-refractivity contribution in [1.29, 1.82) is 0 Å². The number of pyridine rings is 1. The van der Waals surface area contributed by atoms with E-state index in [4.69, 9.17) is 14.2 Å². The van der Waals surface area contributed by atoms with Gasteiger partial charge in [0.15, 0.2) is 11.4 Å². The smallest absolute Gasteiger partial charge is 0.358 e. The molecule has 2 rings (SSSR count). The second-order valence-corrected chi connectivity index (χ2v) is 5.82. The molecule has 0 fully saturated rings. The molecule has 144 valence electrons. The third-order valence-corrected chi connectivity index (χ3v) is 3.93. The van der Waals surface area contributed by atoms with E-state index in [2.05, 4.69) is 0 Å². The number of carboxylic acid groups (broad SMARTS) is 1. The van der Waals surface area contributed by atoms with E-state index in [1.54, 1.807) is 31.2 Å². The zero-order valence-electron chi connectivity index (χ0n) is 15.3. The van der Waals surface area contributed by atoms with Crippen LogP contribution in [0.4, 0.5) is 0 Å². The Morgan fingerprint density at radius 2 is 1.85 bits per heavy atom. The minimum atomic E-state index is -1.42. The Kier molecular flexibility index (Phi) is 6.73. The van der Waals surface area contributed by atoms with Gasteiger partial charge in [-0.3, -0.25) is 4.79 Å². The van der Waals surface area contributed by atoms with E-state index in [0.717, 1.165) is 11.8 Å². The van der Waals surface area contributed by atoms with Crippen molar-refractivity contribution in [2.24, 2.45) is 0 Å². The molecule has 1 unspecified atom stereocenters. The summed E-state index contributed by atoms with van der Waals surface area (Å²) in [5.74, 6) is -2.59. The van der Waals surface area contributed by atoms with Crippen molar-refractivity contribution in [3.8, 4) is 5.75 Å². The van der Waals surface area contributed by atoms with Crippen LogP contribution >= 0.6 is 0 Å². The lowest BCUT2D eigenvalue weighted by molar-refractivity contribution is 0.0564. The van der Waals surface area contributed by atoms with Crippen LogP contribution in [0.15, 0.2) is 41.3 Å². The van der Waals surface area contributed by atoms with Crippen molar-refractivity contribution in [2.75, 3.05) is 14.2 Å². The van der Waals surface area contributed by atoms with Gasteiger partial charge < -0.3 is 23.9 Å². The van der Waals surface area contributed by atoms with E-state index in [1.807, 2.05) is 6.07 Å². The molecule has 1 atom stereocenters. The summed E-state index contributed by atoms with van der Waals surface area (Å²) < 4.78 is 16.9. The number of carboxylic acids is 1. The van der Waals surface area contributed by atoms with E-state index < -0.39 is 22.9 Å². The molecule has 0 bridgehead atoms. The van der Waals surface area contributed by atoms with Gasteiger partial charge in [-0.1, -0.05) is 30.3 Å². The predicted octanol–water partition coefficient (Wildman–Crippen LogP) is 1.95. The quantitative estimate of drug-likeness (QED) is 0.703. The molecule has 1 aromatic carbocycles. The standard InChI is InChI=1S/C19H21NO7/c1-12(25-2)9-20-10-14(18(22)23)16(21)17(15(20)19(24)26-3)27-11-13-7-5-4-6-8-13/h4-8,10,12H,9,11H2,1-3H3,(H,22,23). The molecule has 0 spiro atoms. The monoisotopic (exact) mass is 375 g/mol. The number of hydrogen-bond donors (Lipinski definition) is 1. The summed E-state index contributed by atoms with van der Waals surface area (Å²) in [6, 6.07) is 8.99. The predicted molar refractivity (Wildman–Crippen MR) is 96.2 cm³/mol. The number of carbonyl (C=O) groups is 2. The van der Waals surface area contributed by atoms with Crippen LogP contribution in [-0.4, -0.2) is 41.9 Å². The van der Waals surface area contributed by atoms with Crippen LogP contribution in [0.1, 0.15) is 33.3 Å². The van der Waals surface area contributed by atoms with Crippen LogP contribution in [0.3, 0.4) is 0 Å². The summed E-state index contributed by atoms with van der Waals surface area (Å²) in [7, 11) is 2.65. The number of esters is 1. The van der Waals surface area contributed by atoms with Gasteiger partial charge in [-0.25, -0.2) is 9.59 Å². The van der Waals surface area contributed by atoms with E-state index in [9.17, 15) is 19.5 Å². The summed E-state index contributed by atoms with van der Waals surface area (Å²) in [5.41, 5.74) is -0.799. The van der Waals surface area contributed by atoms with E-state index in [-0.39, 0.29) is 30.7 Å². The van der Waals surface area contributed by atoms with Crippen molar-refractivity contribution in [3.05, 3.63) is 63.6 Å². The highest BCUT2D eigenvalue weighted by molar-refractivity contribution is 5.93. The zero-order valence-corrected chi connectivity index (χ0v) is 15.3. The van der Waals surface area contributed by atoms with Gasteiger partial charge in [0.25, 0.3) is 0 Å². The molecule has 0 aliphatic rings. The average Bonchev–Trinajstić information content (AvgIpc) is 2.67. The molecule has 0 aliphatic heterocycles. The number of ether oxygens (including phenoxy) is 3. The lowest BCUT2D eigenvalue weighted by Gasteiger charge is -2.19. The molecular formula is C19H21NO7. The first-order valence-electron chi connectivity index (χ1n) is 8.17. The molecule has 0 saturated heterocycles. The fraction of sp³-hybridized carbons (Fsp3) is 0.316. The first kappa shape index (κ1) is 20.2. The fourth-order valence-electron chi connectivity index (χ4n) is 2.46. The number of benzene rings is 1. The largest absolute Gasteiger partial charge is 0.482 e. The Labute approximate surface area is 155 Å². The Hall–Kier alpha value is -3.13. The van der Waals surface area contributed by atoms with Crippen LogP contribution in [0, 0.1) is 0 Å². The lowest BCUT2D eigenvalue weighted by atomic mass is 10.2. The highest BCUT2D eigenvalue weighted by Gasteiger charge is 2.26. The van der Waals surface area contributed by atoms with Crippen LogP contribution in [-0.2, 0) is 22.6 Å². The van der Waals surface area contributed by atoms with E-state index >= 15 is 0 Å². The third-order valence-electron chi connectivity index (χ3n) is 3.93. The minimum Gasteiger partial charge on any atom is -0.482 e. The molecule has 1 heterocycles. The number of hydrogen-bond acceptors (Lipinski definition) is 6.